The van der Waals surface area contributed by atoms with E-state index in [4.69, 9.17) is 11.6 Å². The van der Waals surface area contributed by atoms with Crippen LogP contribution >= 0.6 is 11.6 Å². The van der Waals surface area contributed by atoms with Crippen molar-refractivity contribution < 1.29 is 14.4 Å². The van der Waals surface area contributed by atoms with E-state index < -0.39 is 0 Å². The second kappa shape index (κ2) is 8.44. The number of carbonyl (C=O) groups excluding carboxylic acids is 3. The Balaban J connectivity index is 1.95. The number of halogens is 1. The van der Waals surface area contributed by atoms with Gasteiger partial charge >= 0.3 is 0 Å². The number of nitrogens with one attached hydrogen (secondary N) is 2. The van der Waals surface area contributed by atoms with Crippen LogP contribution in [0.2, 0.25) is 5.02 Å². The van der Waals surface area contributed by atoms with Gasteiger partial charge in [-0.2, -0.15) is 0 Å². The third kappa shape index (κ3) is 5.16. The molecule has 0 spiro atoms. The van der Waals surface area contributed by atoms with E-state index in [0.29, 0.717) is 16.3 Å². The molecule has 0 heterocycles. The smallest absolute Gasteiger partial charge is 0.252 e. The van der Waals surface area contributed by atoms with Crippen LogP contribution in [0.3, 0.4) is 0 Å². The average Bonchev–Trinajstić information content (AvgIpc) is 2.61. The maximum Gasteiger partial charge on any atom is 0.252 e. The van der Waals surface area contributed by atoms with Gasteiger partial charge in [0.2, 0.25) is 5.91 Å². The molecule has 5 nitrogen and oxygen atoms in total. The molecular weight excluding hydrogens is 340 g/mol. The molecule has 25 heavy (non-hydrogen) atoms. The zero-order chi connectivity index (χ0) is 18.4. The number of rotatable bonds is 6. The lowest BCUT2D eigenvalue weighted by Crippen LogP contribution is -2.19. The molecule has 0 saturated heterocycles. The molecule has 0 fully saturated rings. The van der Waals surface area contributed by atoms with E-state index >= 15 is 0 Å². The average molecular weight is 359 g/mol. The van der Waals surface area contributed by atoms with Gasteiger partial charge in [-0.05, 0) is 25.1 Å². The predicted molar refractivity (Wildman–Crippen MR) is 98.2 cm³/mol. The summed E-state index contributed by atoms with van der Waals surface area (Å²) in [6.07, 6.45) is 0.176. The number of hydrogen-bond acceptors (Lipinski definition) is 3. The lowest BCUT2D eigenvalue weighted by Gasteiger charge is -2.08. The van der Waals surface area contributed by atoms with Crippen LogP contribution in [0.4, 0.5) is 5.69 Å². The number of ketones is 1. The number of hydrogen-bond donors (Lipinski definition) is 2. The van der Waals surface area contributed by atoms with Gasteiger partial charge in [-0.1, -0.05) is 41.4 Å². The van der Waals surface area contributed by atoms with Gasteiger partial charge in [-0.25, -0.2) is 0 Å². The Bertz CT molecular complexity index is 801. The lowest BCUT2D eigenvalue weighted by molar-refractivity contribution is -0.116. The molecule has 0 aliphatic carbocycles. The van der Waals surface area contributed by atoms with E-state index in [9.17, 15) is 14.4 Å². The highest BCUT2D eigenvalue weighted by Gasteiger charge is 2.12. The third-order valence-corrected chi connectivity index (χ3v) is 4.00. The Kier molecular flexibility index (Phi) is 6.31. The van der Waals surface area contributed by atoms with E-state index in [1.54, 1.807) is 24.3 Å². The van der Waals surface area contributed by atoms with Gasteiger partial charge in [0.25, 0.3) is 5.91 Å². The number of benzene rings is 2. The fourth-order valence-corrected chi connectivity index (χ4v) is 2.45. The molecule has 6 heteroatoms. The van der Waals surface area contributed by atoms with Crippen LogP contribution < -0.4 is 10.6 Å². The minimum absolute atomic E-state index is 0.0602. The van der Waals surface area contributed by atoms with Crippen LogP contribution in [-0.4, -0.2) is 24.6 Å². The zero-order valence-corrected chi connectivity index (χ0v) is 14.8. The molecule has 0 saturated carbocycles. The molecule has 0 aromatic heterocycles. The van der Waals surface area contributed by atoms with Crippen molar-refractivity contribution in [2.24, 2.45) is 0 Å². The Morgan fingerprint density at radius 3 is 2.32 bits per heavy atom. The topological polar surface area (TPSA) is 75.3 Å². The normalized spacial score (nSPS) is 10.2. The van der Waals surface area contributed by atoms with Crippen molar-refractivity contribution in [1.29, 1.82) is 0 Å². The van der Waals surface area contributed by atoms with Crippen molar-refractivity contribution in [2.45, 2.75) is 19.8 Å². The molecule has 0 bridgehead atoms. The second-order valence-corrected chi connectivity index (χ2v) is 6.02. The van der Waals surface area contributed by atoms with Crippen LogP contribution in [0.15, 0.2) is 42.5 Å². The summed E-state index contributed by atoms with van der Waals surface area (Å²) in [5.41, 5.74) is 2.39. The van der Waals surface area contributed by atoms with Gasteiger partial charge in [0, 0.05) is 31.1 Å². The molecule has 0 unspecified atom stereocenters. The maximum atomic E-state index is 12.1. The van der Waals surface area contributed by atoms with E-state index in [0.717, 1.165) is 5.56 Å². The Morgan fingerprint density at radius 1 is 1.00 bits per heavy atom. The largest absolute Gasteiger partial charge is 0.355 e. The van der Waals surface area contributed by atoms with E-state index in [2.05, 4.69) is 10.6 Å². The van der Waals surface area contributed by atoms with E-state index in [1.165, 1.54) is 13.1 Å². The number of anilines is 1. The van der Waals surface area contributed by atoms with Crippen molar-refractivity contribution in [1.82, 2.24) is 5.32 Å². The first-order valence-electron chi connectivity index (χ1n) is 7.82. The molecule has 0 radical (unpaired) electrons. The highest BCUT2D eigenvalue weighted by Crippen LogP contribution is 2.21. The monoisotopic (exact) mass is 358 g/mol. The van der Waals surface area contributed by atoms with Gasteiger partial charge in [-0.15, -0.1) is 0 Å². The van der Waals surface area contributed by atoms with Crippen LogP contribution in [-0.2, 0) is 4.79 Å². The minimum atomic E-state index is -0.337. The number of amides is 2. The van der Waals surface area contributed by atoms with Gasteiger partial charge < -0.3 is 10.6 Å². The van der Waals surface area contributed by atoms with Gasteiger partial charge in [0.1, 0.15) is 0 Å². The van der Waals surface area contributed by atoms with Crippen molar-refractivity contribution in [3.8, 4) is 0 Å². The Labute approximate surface area is 151 Å². The Morgan fingerprint density at radius 2 is 1.68 bits per heavy atom. The first kappa shape index (κ1) is 18.7. The highest BCUT2D eigenvalue weighted by molar-refractivity contribution is 6.34. The molecule has 2 N–H and O–H groups in total. The van der Waals surface area contributed by atoms with Crippen molar-refractivity contribution in [3.05, 3.63) is 64.2 Å². The molecule has 0 aliphatic heterocycles. The summed E-state index contributed by atoms with van der Waals surface area (Å²) < 4.78 is 0. The zero-order valence-electron chi connectivity index (χ0n) is 14.1. The molecule has 2 aromatic rings. The quantitative estimate of drug-likeness (QED) is 0.774. The SMILES string of the molecule is CNC(=O)c1cc(NC(=O)CCC(=O)c2ccc(C)cc2)ccc1Cl. The maximum absolute atomic E-state index is 12.1. The summed E-state index contributed by atoms with van der Waals surface area (Å²) in [6, 6.07) is 11.9. The van der Waals surface area contributed by atoms with Crippen LogP contribution in [0.5, 0.6) is 0 Å². The third-order valence-electron chi connectivity index (χ3n) is 3.67. The molecule has 0 aliphatic rings. The van der Waals surface area contributed by atoms with Gasteiger partial charge in [0.05, 0.1) is 10.6 Å². The second-order valence-electron chi connectivity index (χ2n) is 5.61. The minimum Gasteiger partial charge on any atom is -0.355 e. The van der Waals surface area contributed by atoms with E-state index in [-0.39, 0.29) is 36.0 Å². The molecule has 2 amide bonds. The fraction of sp³-hybridized carbons (Fsp3) is 0.211. The van der Waals surface area contributed by atoms with E-state index in [1.807, 2.05) is 19.1 Å². The molecule has 0 atom stereocenters. The number of carbonyl (C=O) groups is 3. The van der Waals surface area contributed by atoms with Crippen molar-refractivity contribution >= 4 is 34.9 Å². The summed E-state index contributed by atoms with van der Waals surface area (Å²) in [4.78, 5) is 35.8. The van der Waals surface area contributed by atoms with Crippen molar-refractivity contribution in [2.75, 3.05) is 12.4 Å². The summed E-state index contributed by atoms with van der Waals surface area (Å²) in [5, 5.41) is 5.46. The van der Waals surface area contributed by atoms with Crippen LogP contribution in [0.25, 0.3) is 0 Å². The summed E-state index contributed by atoms with van der Waals surface area (Å²) in [7, 11) is 1.50. The molecule has 130 valence electrons. The van der Waals surface area contributed by atoms with Crippen LogP contribution in [0.1, 0.15) is 39.1 Å². The summed E-state index contributed by atoms with van der Waals surface area (Å²) in [5.74, 6) is -0.724. The summed E-state index contributed by atoms with van der Waals surface area (Å²) >= 11 is 5.97. The first-order chi connectivity index (χ1) is 11.9. The van der Waals surface area contributed by atoms with Gasteiger partial charge in [0.15, 0.2) is 5.78 Å². The molecule has 2 aromatic carbocycles. The number of Topliss-reactive ketones (excluding diaryl/α,β-unsaturated/α-hetero) is 1. The van der Waals surface area contributed by atoms with Gasteiger partial charge in [-0.3, -0.25) is 14.4 Å². The highest BCUT2D eigenvalue weighted by atomic mass is 35.5. The van der Waals surface area contributed by atoms with Crippen molar-refractivity contribution in [3.63, 3.8) is 0 Å². The lowest BCUT2D eigenvalue weighted by atomic mass is 10.0. The fourth-order valence-electron chi connectivity index (χ4n) is 2.25. The standard InChI is InChI=1S/C19H19ClN2O3/c1-12-3-5-13(6-4-12)17(23)9-10-18(24)22-14-7-8-16(20)15(11-14)19(25)21-2/h3-8,11H,9-10H2,1-2H3,(H,21,25)(H,22,24). The summed E-state index contributed by atoms with van der Waals surface area (Å²) in [6.45, 7) is 1.95. The predicted octanol–water partition coefficient (Wildman–Crippen LogP) is 3.61. The number of aryl methyl sites for hydroxylation is 1. The van der Waals surface area contributed by atoms with Crippen LogP contribution in [0, 0.1) is 6.92 Å². The first-order valence-corrected chi connectivity index (χ1v) is 8.20. The Hall–Kier alpha value is -2.66. The molecule has 2 rings (SSSR count). The molecular formula is C19H19ClN2O3.